The van der Waals surface area contributed by atoms with Crippen LogP contribution in [0.15, 0.2) is 28.4 Å². The van der Waals surface area contributed by atoms with Crippen molar-refractivity contribution in [3.8, 4) is 0 Å². The van der Waals surface area contributed by atoms with Crippen LogP contribution >= 0.6 is 0 Å². The van der Waals surface area contributed by atoms with Crippen molar-refractivity contribution in [3.05, 3.63) is 35.6 Å². The summed E-state index contributed by atoms with van der Waals surface area (Å²) in [6.07, 6.45) is 6.40. The normalized spacial score (nSPS) is 12.1. The van der Waals surface area contributed by atoms with Crippen LogP contribution < -0.4 is 0 Å². The SMILES string of the molecule is COC(=O)/C=C/C(C)=C/c1coc(C)n1. The van der Waals surface area contributed by atoms with E-state index in [0.717, 1.165) is 11.3 Å². The monoisotopic (exact) mass is 207 g/mol. The van der Waals surface area contributed by atoms with Gasteiger partial charge in [-0.15, -0.1) is 0 Å². The predicted molar refractivity (Wildman–Crippen MR) is 56.0 cm³/mol. The molecule has 0 saturated heterocycles. The van der Waals surface area contributed by atoms with E-state index in [1.807, 2.05) is 13.0 Å². The summed E-state index contributed by atoms with van der Waals surface area (Å²) in [4.78, 5) is 14.9. The molecule has 0 aliphatic heterocycles. The van der Waals surface area contributed by atoms with Crippen LogP contribution in [0.2, 0.25) is 0 Å². The van der Waals surface area contributed by atoms with Crippen LogP contribution in [0.3, 0.4) is 0 Å². The number of esters is 1. The molecule has 0 aliphatic carbocycles. The number of carbonyl (C=O) groups excluding carboxylic acids is 1. The number of nitrogens with zero attached hydrogens (tertiary/aromatic N) is 1. The lowest BCUT2D eigenvalue weighted by atomic mass is 10.2. The molecular weight excluding hydrogens is 194 g/mol. The molecule has 15 heavy (non-hydrogen) atoms. The molecule has 4 nitrogen and oxygen atoms in total. The van der Waals surface area contributed by atoms with Crippen molar-refractivity contribution in [1.82, 2.24) is 4.98 Å². The quantitative estimate of drug-likeness (QED) is 0.432. The van der Waals surface area contributed by atoms with Gasteiger partial charge in [0.05, 0.1) is 7.11 Å². The molecule has 0 saturated carbocycles. The number of rotatable bonds is 3. The number of ether oxygens (including phenoxy) is 1. The first-order chi connectivity index (χ1) is 7.11. The number of hydrogen-bond donors (Lipinski definition) is 0. The van der Waals surface area contributed by atoms with E-state index in [1.165, 1.54) is 13.2 Å². The molecule has 0 amide bonds. The maximum atomic E-state index is 10.8. The number of aromatic nitrogens is 1. The van der Waals surface area contributed by atoms with Crippen LogP contribution in [0.4, 0.5) is 0 Å². The van der Waals surface area contributed by atoms with Gasteiger partial charge in [0.15, 0.2) is 5.89 Å². The van der Waals surface area contributed by atoms with Gasteiger partial charge in [-0.1, -0.05) is 6.08 Å². The van der Waals surface area contributed by atoms with Crippen LogP contribution in [0, 0.1) is 6.92 Å². The van der Waals surface area contributed by atoms with Gasteiger partial charge in [-0.2, -0.15) is 0 Å². The Morgan fingerprint density at radius 3 is 2.80 bits per heavy atom. The predicted octanol–water partition coefficient (Wildman–Crippen LogP) is 2.12. The van der Waals surface area contributed by atoms with Gasteiger partial charge in [0.2, 0.25) is 0 Å². The standard InChI is InChI=1S/C11H13NO3/c1-8(4-5-11(13)14-3)6-10-7-15-9(2)12-10/h4-7H,1-3H3/b5-4+,8-6+. The molecular formula is C11H13NO3. The van der Waals surface area contributed by atoms with Crippen LogP contribution in [0.5, 0.6) is 0 Å². The highest BCUT2D eigenvalue weighted by Crippen LogP contribution is 2.07. The third-order valence-electron chi connectivity index (χ3n) is 1.70. The number of methoxy groups -OCH3 is 1. The number of hydrogen-bond acceptors (Lipinski definition) is 4. The van der Waals surface area contributed by atoms with Crippen LogP contribution in [-0.2, 0) is 9.53 Å². The number of allylic oxidation sites excluding steroid dienone is 2. The largest absolute Gasteiger partial charge is 0.466 e. The fourth-order valence-corrected chi connectivity index (χ4v) is 0.995. The molecule has 0 fully saturated rings. The minimum Gasteiger partial charge on any atom is -0.466 e. The summed E-state index contributed by atoms with van der Waals surface area (Å²) in [6.45, 7) is 3.64. The molecule has 4 heteroatoms. The van der Waals surface area contributed by atoms with Gasteiger partial charge >= 0.3 is 5.97 Å². The summed E-state index contributed by atoms with van der Waals surface area (Å²) in [6, 6.07) is 0. The summed E-state index contributed by atoms with van der Waals surface area (Å²) >= 11 is 0. The molecule has 0 spiro atoms. The molecule has 1 rings (SSSR count). The Morgan fingerprint density at radius 2 is 2.27 bits per heavy atom. The van der Waals surface area contributed by atoms with E-state index in [2.05, 4.69) is 9.72 Å². The zero-order chi connectivity index (χ0) is 11.3. The van der Waals surface area contributed by atoms with Crippen molar-refractivity contribution in [1.29, 1.82) is 0 Å². The highest BCUT2D eigenvalue weighted by Gasteiger charge is 1.96. The molecule has 1 aromatic rings. The first-order valence-electron chi connectivity index (χ1n) is 4.48. The number of aryl methyl sites for hydroxylation is 1. The molecule has 0 atom stereocenters. The Balaban J connectivity index is 2.68. The minimum absolute atomic E-state index is 0.376. The number of oxazole rings is 1. The Kier molecular flexibility index (Phi) is 3.85. The van der Waals surface area contributed by atoms with E-state index < -0.39 is 0 Å². The second-order valence-electron chi connectivity index (χ2n) is 3.04. The van der Waals surface area contributed by atoms with Crippen LogP contribution in [-0.4, -0.2) is 18.1 Å². The molecule has 0 aliphatic rings. The van der Waals surface area contributed by atoms with E-state index in [-0.39, 0.29) is 5.97 Å². The van der Waals surface area contributed by atoms with Crippen LogP contribution in [0.25, 0.3) is 6.08 Å². The Hall–Kier alpha value is -1.84. The fourth-order valence-electron chi connectivity index (χ4n) is 0.995. The smallest absolute Gasteiger partial charge is 0.330 e. The van der Waals surface area contributed by atoms with Crippen molar-refractivity contribution in [2.45, 2.75) is 13.8 Å². The second-order valence-corrected chi connectivity index (χ2v) is 3.04. The first-order valence-corrected chi connectivity index (χ1v) is 4.48. The lowest BCUT2D eigenvalue weighted by Gasteiger charge is -1.91. The Morgan fingerprint density at radius 1 is 1.53 bits per heavy atom. The first kappa shape index (κ1) is 11.2. The van der Waals surface area contributed by atoms with Crippen molar-refractivity contribution < 1.29 is 13.9 Å². The fraction of sp³-hybridized carbons (Fsp3) is 0.273. The van der Waals surface area contributed by atoms with Gasteiger partial charge in [-0.05, 0) is 18.6 Å². The third kappa shape index (κ3) is 3.81. The summed E-state index contributed by atoms with van der Waals surface area (Å²) in [5.74, 6) is 0.241. The second kappa shape index (κ2) is 5.14. The van der Waals surface area contributed by atoms with Crippen molar-refractivity contribution in [2.75, 3.05) is 7.11 Å². The molecule has 1 aromatic heterocycles. The maximum Gasteiger partial charge on any atom is 0.330 e. The van der Waals surface area contributed by atoms with E-state index >= 15 is 0 Å². The molecule has 0 bridgehead atoms. The topological polar surface area (TPSA) is 52.3 Å². The Bertz CT molecular complexity index is 402. The lowest BCUT2D eigenvalue weighted by molar-refractivity contribution is -0.134. The van der Waals surface area contributed by atoms with Gasteiger partial charge in [0, 0.05) is 13.0 Å². The van der Waals surface area contributed by atoms with E-state index in [1.54, 1.807) is 19.3 Å². The van der Waals surface area contributed by atoms with Gasteiger partial charge in [-0.3, -0.25) is 0 Å². The Labute approximate surface area is 88.3 Å². The van der Waals surface area contributed by atoms with E-state index in [9.17, 15) is 4.79 Å². The van der Waals surface area contributed by atoms with Gasteiger partial charge in [-0.25, -0.2) is 9.78 Å². The average Bonchev–Trinajstić information content (AvgIpc) is 2.60. The molecule has 80 valence electrons. The van der Waals surface area contributed by atoms with Crippen molar-refractivity contribution in [2.24, 2.45) is 0 Å². The zero-order valence-electron chi connectivity index (χ0n) is 8.98. The summed E-state index contributed by atoms with van der Waals surface area (Å²) in [7, 11) is 1.34. The molecule has 0 unspecified atom stereocenters. The van der Waals surface area contributed by atoms with Crippen molar-refractivity contribution in [3.63, 3.8) is 0 Å². The molecule has 0 radical (unpaired) electrons. The van der Waals surface area contributed by atoms with Crippen molar-refractivity contribution >= 4 is 12.0 Å². The highest BCUT2D eigenvalue weighted by molar-refractivity contribution is 5.82. The number of carbonyl (C=O) groups is 1. The summed E-state index contributed by atoms with van der Waals surface area (Å²) in [5, 5.41) is 0. The van der Waals surface area contributed by atoms with E-state index in [4.69, 9.17) is 4.42 Å². The molecule has 1 heterocycles. The van der Waals surface area contributed by atoms with E-state index in [0.29, 0.717) is 5.89 Å². The van der Waals surface area contributed by atoms with Gasteiger partial charge < -0.3 is 9.15 Å². The minimum atomic E-state index is -0.376. The molecule has 0 N–H and O–H groups in total. The summed E-state index contributed by atoms with van der Waals surface area (Å²) < 4.78 is 9.51. The third-order valence-corrected chi connectivity index (χ3v) is 1.70. The maximum absolute atomic E-state index is 10.8. The highest BCUT2D eigenvalue weighted by atomic mass is 16.5. The van der Waals surface area contributed by atoms with Gasteiger partial charge in [0.1, 0.15) is 12.0 Å². The zero-order valence-corrected chi connectivity index (χ0v) is 8.98. The average molecular weight is 207 g/mol. The summed E-state index contributed by atoms with van der Waals surface area (Å²) in [5.41, 5.74) is 1.63. The molecule has 0 aromatic carbocycles. The lowest BCUT2D eigenvalue weighted by Crippen LogP contribution is -1.93. The van der Waals surface area contributed by atoms with Crippen LogP contribution in [0.1, 0.15) is 18.5 Å². The van der Waals surface area contributed by atoms with Gasteiger partial charge in [0.25, 0.3) is 0 Å².